The molecule has 2 rings (SSSR count). The average molecular weight is 309 g/mol. The van der Waals surface area contributed by atoms with E-state index < -0.39 is 6.04 Å². The summed E-state index contributed by atoms with van der Waals surface area (Å²) in [5.74, 6) is -0.287. The number of nitrogens with two attached hydrogens (primary N) is 1. The third kappa shape index (κ3) is 2.76. The quantitative estimate of drug-likeness (QED) is 0.942. The third-order valence-corrected chi connectivity index (χ3v) is 3.59. The number of hydrogen-bond donors (Lipinski definition) is 1. The van der Waals surface area contributed by atoms with E-state index in [9.17, 15) is 4.39 Å². The van der Waals surface area contributed by atoms with Crippen molar-refractivity contribution in [2.45, 2.75) is 19.4 Å². The number of nitrogens with zero attached hydrogens (tertiary/aromatic N) is 1. The van der Waals surface area contributed by atoms with Crippen molar-refractivity contribution in [1.82, 2.24) is 4.98 Å². The van der Waals surface area contributed by atoms with Crippen molar-refractivity contribution in [1.29, 1.82) is 0 Å². The molecule has 1 aromatic heterocycles. The van der Waals surface area contributed by atoms with Gasteiger partial charge in [0.2, 0.25) is 0 Å². The fourth-order valence-electron chi connectivity index (χ4n) is 1.91. The van der Waals surface area contributed by atoms with E-state index in [4.69, 9.17) is 5.73 Å². The maximum atomic E-state index is 13.8. The zero-order chi connectivity index (χ0) is 13.1. The molecule has 1 aromatic carbocycles. The smallest absolute Gasteiger partial charge is 0.129 e. The van der Waals surface area contributed by atoms with Gasteiger partial charge in [0.05, 0.1) is 0 Å². The molecule has 0 fully saturated rings. The first-order valence-electron chi connectivity index (χ1n) is 5.69. The summed E-state index contributed by atoms with van der Waals surface area (Å²) in [5, 5.41) is 0. The number of rotatable bonds is 3. The van der Waals surface area contributed by atoms with Crippen molar-refractivity contribution in [2.24, 2.45) is 5.73 Å². The molecule has 0 saturated heterocycles. The SMILES string of the molecule is Cc1cccnc1CC(N)c1c(F)cccc1Br. The summed E-state index contributed by atoms with van der Waals surface area (Å²) in [6.45, 7) is 1.98. The first-order chi connectivity index (χ1) is 8.59. The van der Waals surface area contributed by atoms with Crippen molar-refractivity contribution in [3.05, 3.63) is 63.6 Å². The van der Waals surface area contributed by atoms with Gasteiger partial charge in [0, 0.05) is 34.4 Å². The van der Waals surface area contributed by atoms with E-state index in [1.165, 1.54) is 6.07 Å². The first-order valence-corrected chi connectivity index (χ1v) is 6.49. The van der Waals surface area contributed by atoms with Gasteiger partial charge in [-0.15, -0.1) is 0 Å². The second kappa shape index (κ2) is 5.59. The normalized spacial score (nSPS) is 12.4. The lowest BCUT2D eigenvalue weighted by molar-refractivity contribution is 0.575. The Hall–Kier alpha value is -1.26. The largest absolute Gasteiger partial charge is 0.324 e. The zero-order valence-corrected chi connectivity index (χ0v) is 11.6. The van der Waals surface area contributed by atoms with Gasteiger partial charge in [-0.2, -0.15) is 0 Å². The predicted molar refractivity (Wildman–Crippen MR) is 73.7 cm³/mol. The summed E-state index contributed by atoms with van der Waals surface area (Å²) in [4.78, 5) is 4.29. The highest BCUT2D eigenvalue weighted by molar-refractivity contribution is 9.10. The van der Waals surface area contributed by atoms with Crippen LogP contribution in [-0.2, 0) is 6.42 Å². The summed E-state index contributed by atoms with van der Waals surface area (Å²) in [6, 6.07) is 8.32. The standard InChI is InChI=1S/C14H14BrFN2/c1-9-4-3-7-18-13(9)8-12(17)14-10(15)5-2-6-11(14)16/h2-7,12H,8,17H2,1H3. The maximum absolute atomic E-state index is 13.8. The van der Waals surface area contributed by atoms with Crippen molar-refractivity contribution in [2.75, 3.05) is 0 Å². The molecule has 1 atom stereocenters. The van der Waals surface area contributed by atoms with Crippen LogP contribution in [0.1, 0.15) is 22.9 Å². The molecule has 1 unspecified atom stereocenters. The molecule has 2 N–H and O–H groups in total. The Kier molecular flexibility index (Phi) is 4.09. The molecule has 1 heterocycles. The van der Waals surface area contributed by atoms with Crippen LogP contribution in [0.5, 0.6) is 0 Å². The topological polar surface area (TPSA) is 38.9 Å². The summed E-state index contributed by atoms with van der Waals surface area (Å²) < 4.78 is 14.5. The predicted octanol–water partition coefficient (Wildman–Crippen LogP) is 3.53. The van der Waals surface area contributed by atoms with Crippen LogP contribution in [0.25, 0.3) is 0 Å². The fourth-order valence-corrected chi connectivity index (χ4v) is 2.54. The summed E-state index contributed by atoms with van der Waals surface area (Å²) in [5.41, 5.74) is 8.56. The summed E-state index contributed by atoms with van der Waals surface area (Å²) in [6.07, 6.45) is 2.25. The number of aromatic nitrogens is 1. The molecule has 18 heavy (non-hydrogen) atoms. The van der Waals surface area contributed by atoms with Crippen molar-refractivity contribution < 1.29 is 4.39 Å². The van der Waals surface area contributed by atoms with Crippen LogP contribution >= 0.6 is 15.9 Å². The van der Waals surface area contributed by atoms with Crippen LogP contribution in [0.4, 0.5) is 4.39 Å². The third-order valence-electron chi connectivity index (χ3n) is 2.90. The van der Waals surface area contributed by atoms with Gasteiger partial charge in [-0.05, 0) is 30.7 Å². The first kappa shape index (κ1) is 13.2. The van der Waals surface area contributed by atoms with E-state index >= 15 is 0 Å². The van der Waals surface area contributed by atoms with Gasteiger partial charge in [-0.1, -0.05) is 28.1 Å². The van der Waals surface area contributed by atoms with E-state index in [-0.39, 0.29) is 5.82 Å². The molecule has 0 aliphatic rings. The molecule has 0 saturated carbocycles. The molecule has 0 bridgehead atoms. The minimum Gasteiger partial charge on any atom is -0.324 e. The number of hydrogen-bond acceptors (Lipinski definition) is 2. The fraction of sp³-hybridized carbons (Fsp3) is 0.214. The maximum Gasteiger partial charge on any atom is 0.129 e. The van der Waals surface area contributed by atoms with E-state index in [2.05, 4.69) is 20.9 Å². The summed E-state index contributed by atoms with van der Waals surface area (Å²) in [7, 11) is 0. The Morgan fingerprint density at radius 2 is 2.11 bits per heavy atom. The van der Waals surface area contributed by atoms with E-state index in [0.717, 1.165) is 11.3 Å². The van der Waals surface area contributed by atoms with E-state index in [1.54, 1.807) is 18.3 Å². The second-order valence-electron chi connectivity index (χ2n) is 4.21. The molecule has 0 amide bonds. The van der Waals surface area contributed by atoms with Crippen LogP contribution < -0.4 is 5.73 Å². The minimum absolute atomic E-state index is 0.287. The lowest BCUT2D eigenvalue weighted by Gasteiger charge is -2.15. The molecule has 4 heteroatoms. The van der Waals surface area contributed by atoms with Crippen molar-refractivity contribution >= 4 is 15.9 Å². The van der Waals surface area contributed by atoms with Crippen molar-refractivity contribution in [3.63, 3.8) is 0 Å². The average Bonchev–Trinajstić information content (AvgIpc) is 2.32. The van der Waals surface area contributed by atoms with Crippen LogP contribution in [0.2, 0.25) is 0 Å². The van der Waals surface area contributed by atoms with Gasteiger partial charge in [0.25, 0.3) is 0 Å². The molecule has 2 nitrogen and oxygen atoms in total. The Labute approximate surface area is 114 Å². The zero-order valence-electron chi connectivity index (χ0n) is 10.0. The van der Waals surface area contributed by atoms with Gasteiger partial charge in [0.15, 0.2) is 0 Å². The van der Waals surface area contributed by atoms with Crippen LogP contribution in [-0.4, -0.2) is 4.98 Å². The van der Waals surface area contributed by atoms with Gasteiger partial charge in [0.1, 0.15) is 5.82 Å². The Balaban J connectivity index is 2.28. The highest BCUT2D eigenvalue weighted by atomic mass is 79.9. The minimum atomic E-state index is -0.408. The highest BCUT2D eigenvalue weighted by Gasteiger charge is 2.16. The van der Waals surface area contributed by atoms with Crippen LogP contribution in [0.3, 0.4) is 0 Å². The lowest BCUT2D eigenvalue weighted by atomic mass is 10.00. The van der Waals surface area contributed by atoms with Gasteiger partial charge in [-0.25, -0.2) is 4.39 Å². The van der Waals surface area contributed by atoms with Gasteiger partial charge >= 0.3 is 0 Å². The second-order valence-corrected chi connectivity index (χ2v) is 5.07. The molecule has 0 aliphatic carbocycles. The summed E-state index contributed by atoms with van der Waals surface area (Å²) >= 11 is 3.34. The van der Waals surface area contributed by atoms with Gasteiger partial charge < -0.3 is 5.73 Å². The van der Waals surface area contributed by atoms with E-state index in [0.29, 0.717) is 16.5 Å². The molecular formula is C14H14BrFN2. The van der Waals surface area contributed by atoms with Crippen molar-refractivity contribution in [3.8, 4) is 0 Å². The molecule has 94 valence electrons. The number of benzene rings is 1. The Bertz CT molecular complexity index is 537. The Morgan fingerprint density at radius 3 is 2.78 bits per heavy atom. The highest BCUT2D eigenvalue weighted by Crippen LogP contribution is 2.27. The van der Waals surface area contributed by atoms with Crippen LogP contribution in [0, 0.1) is 12.7 Å². The van der Waals surface area contributed by atoms with Gasteiger partial charge in [-0.3, -0.25) is 4.98 Å². The van der Waals surface area contributed by atoms with Crippen LogP contribution in [0.15, 0.2) is 41.0 Å². The lowest BCUT2D eigenvalue weighted by Crippen LogP contribution is -2.17. The number of pyridine rings is 1. The molecule has 0 spiro atoms. The molecule has 0 aliphatic heterocycles. The number of halogens is 2. The monoisotopic (exact) mass is 308 g/mol. The molecule has 0 radical (unpaired) electrons. The molecular weight excluding hydrogens is 295 g/mol. The van der Waals surface area contributed by atoms with E-state index in [1.807, 2.05) is 19.1 Å². The number of aryl methyl sites for hydroxylation is 1. The molecule has 2 aromatic rings. The Morgan fingerprint density at radius 1 is 1.33 bits per heavy atom.